The van der Waals surface area contributed by atoms with Gasteiger partial charge in [-0.1, -0.05) is 18.2 Å². The van der Waals surface area contributed by atoms with Crippen LogP contribution in [-0.2, 0) is 9.53 Å². The van der Waals surface area contributed by atoms with Gasteiger partial charge in [0.15, 0.2) is 0 Å². The largest absolute Gasteiger partial charge is 0.460 e. The van der Waals surface area contributed by atoms with Gasteiger partial charge in [-0.15, -0.1) is 0 Å². The zero-order valence-electron chi connectivity index (χ0n) is 12.5. The highest BCUT2D eigenvalue weighted by Crippen LogP contribution is 2.24. The highest BCUT2D eigenvalue weighted by Gasteiger charge is 2.18. The van der Waals surface area contributed by atoms with E-state index in [0.29, 0.717) is 18.9 Å². The van der Waals surface area contributed by atoms with Gasteiger partial charge in [-0.3, -0.25) is 4.79 Å². The molecule has 114 valence electrons. The fraction of sp³-hybridized carbons (Fsp3) is 0.438. The molecule has 21 heavy (non-hydrogen) atoms. The summed E-state index contributed by atoms with van der Waals surface area (Å²) in [7, 11) is 1.67. The Kier molecular flexibility index (Phi) is 5.78. The summed E-state index contributed by atoms with van der Waals surface area (Å²) >= 11 is 0. The molecule has 0 bridgehead atoms. The average Bonchev–Trinajstić information content (AvgIpc) is 2.93. The van der Waals surface area contributed by atoms with Gasteiger partial charge < -0.3 is 19.8 Å². The van der Waals surface area contributed by atoms with Crippen molar-refractivity contribution in [3.8, 4) is 0 Å². The Morgan fingerprint density at radius 1 is 1.29 bits per heavy atom. The van der Waals surface area contributed by atoms with Gasteiger partial charge in [0.05, 0.1) is 12.5 Å². The fourth-order valence-electron chi connectivity index (χ4n) is 2.07. The Morgan fingerprint density at radius 2 is 2.10 bits per heavy atom. The minimum absolute atomic E-state index is 0.0254. The molecule has 2 N–H and O–H groups in total. The summed E-state index contributed by atoms with van der Waals surface area (Å²) in [6.07, 6.45) is 0. The molecule has 1 aromatic carbocycles. The number of benzene rings is 1. The molecule has 1 aromatic heterocycles. The molecule has 1 amide bonds. The van der Waals surface area contributed by atoms with Crippen LogP contribution in [0.3, 0.4) is 0 Å². The van der Waals surface area contributed by atoms with Gasteiger partial charge >= 0.3 is 0 Å². The number of hydrogen-bond acceptors (Lipinski definition) is 4. The second-order valence-corrected chi connectivity index (χ2v) is 4.94. The second kappa shape index (κ2) is 7.81. The van der Waals surface area contributed by atoms with Crippen LogP contribution in [0, 0.1) is 0 Å². The van der Waals surface area contributed by atoms with Gasteiger partial charge in [0.2, 0.25) is 5.91 Å². The van der Waals surface area contributed by atoms with Crippen LogP contribution in [0.5, 0.6) is 0 Å². The second-order valence-electron chi connectivity index (χ2n) is 4.94. The van der Waals surface area contributed by atoms with Gasteiger partial charge in [-0.25, -0.2) is 0 Å². The van der Waals surface area contributed by atoms with Crippen molar-refractivity contribution in [2.75, 3.05) is 33.4 Å². The molecule has 0 spiro atoms. The molecule has 0 fully saturated rings. The van der Waals surface area contributed by atoms with Crippen LogP contribution in [0.1, 0.15) is 18.6 Å². The first-order valence-electron chi connectivity index (χ1n) is 7.18. The molecule has 0 saturated heterocycles. The van der Waals surface area contributed by atoms with Crippen molar-refractivity contribution in [3.63, 3.8) is 0 Å². The minimum Gasteiger partial charge on any atom is -0.460 e. The van der Waals surface area contributed by atoms with Crippen molar-refractivity contribution in [2.24, 2.45) is 0 Å². The third kappa shape index (κ3) is 4.31. The van der Waals surface area contributed by atoms with Gasteiger partial charge in [-0.2, -0.15) is 0 Å². The first-order valence-corrected chi connectivity index (χ1v) is 7.18. The maximum atomic E-state index is 12.1. The third-order valence-electron chi connectivity index (χ3n) is 3.35. The summed E-state index contributed by atoms with van der Waals surface area (Å²) in [4.78, 5) is 12.1. The Hall–Kier alpha value is -1.85. The van der Waals surface area contributed by atoms with Crippen molar-refractivity contribution in [2.45, 2.75) is 12.8 Å². The number of para-hydroxylation sites is 1. The van der Waals surface area contributed by atoms with E-state index in [1.165, 1.54) is 0 Å². The molecule has 1 unspecified atom stereocenters. The molecule has 0 aliphatic carbocycles. The number of ether oxygens (including phenoxy) is 1. The fourth-order valence-corrected chi connectivity index (χ4v) is 2.07. The topological polar surface area (TPSA) is 63.5 Å². The van der Waals surface area contributed by atoms with Crippen LogP contribution in [0.2, 0.25) is 0 Å². The molecule has 2 aromatic rings. The Balaban J connectivity index is 1.81. The highest BCUT2D eigenvalue weighted by molar-refractivity contribution is 5.85. The monoisotopic (exact) mass is 290 g/mol. The molecule has 2 rings (SSSR count). The summed E-state index contributed by atoms with van der Waals surface area (Å²) < 4.78 is 10.6. The standard InChI is InChI=1S/C16H22N2O3/c1-12(16(19)18-8-7-17-9-10-20-2)15-11-13-5-3-4-6-14(13)21-15/h3-6,11-12,17H,7-10H2,1-2H3,(H,18,19). The number of carbonyl (C=O) groups is 1. The number of nitrogens with one attached hydrogen (secondary N) is 2. The van der Waals surface area contributed by atoms with Crippen LogP contribution >= 0.6 is 0 Å². The van der Waals surface area contributed by atoms with E-state index < -0.39 is 0 Å². The molecular formula is C16H22N2O3. The predicted molar refractivity (Wildman–Crippen MR) is 82.4 cm³/mol. The van der Waals surface area contributed by atoms with Crippen molar-refractivity contribution in [1.29, 1.82) is 0 Å². The lowest BCUT2D eigenvalue weighted by Crippen LogP contribution is -2.35. The minimum atomic E-state index is -0.295. The van der Waals surface area contributed by atoms with Gasteiger partial charge in [0, 0.05) is 32.1 Å². The molecule has 5 heteroatoms. The summed E-state index contributed by atoms with van der Waals surface area (Å²) in [6.45, 7) is 4.62. The van der Waals surface area contributed by atoms with Crippen molar-refractivity contribution in [1.82, 2.24) is 10.6 Å². The van der Waals surface area contributed by atoms with Crippen molar-refractivity contribution in [3.05, 3.63) is 36.1 Å². The number of rotatable bonds is 8. The number of carbonyl (C=O) groups excluding carboxylic acids is 1. The molecule has 0 saturated carbocycles. The first kappa shape index (κ1) is 15.5. The lowest BCUT2D eigenvalue weighted by molar-refractivity contribution is -0.122. The van der Waals surface area contributed by atoms with E-state index >= 15 is 0 Å². The number of fused-ring (bicyclic) bond motifs is 1. The first-order chi connectivity index (χ1) is 10.2. The maximum Gasteiger partial charge on any atom is 0.230 e. The number of methoxy groups -OCH3 is 1. The van der Waals surface area contributed by atoms with Crippen LogP contribution in [0.25, 0.3) is 11.0 Å². The Labute approximate surface area is 124 Å². The predicted octanol–water partition coefficient (Wildman–Crippen LogP) is 1.89. The van der Waals surface area contributed by atoms with E-state index in [-0.39, 0.29) is 11.8 Å². The lowest BCUT2D eigenvalue weighted by Gasteiger charge is -2.10. The summed E-state index contributed by atoms with van der Waals surface area (Å²) in [5.74, 6) is 0.375. The quantitative estimate of drug-likeness (QED) is 0.729. The molecular weight excluding hydrogens is 268 g/mol. The Morgan fingerprint density at radius 3 is 2.86 bits per heavy atom. The average molecular weight is 290 g/mol. The number of furan rings is 1. The number of hydrogen-bond donors (Lipinski definition) is 2. The highest BCUT2D eigenvalue weighted by atomic mass is 16.5. The smallest absolute Gasteiger partial charge is 0.230 e. The van der Waals surface area contributed by atoms with Crippen LogP contribution < -0.4 is 10.6 Å². The third-order valence-corrected chi connectivity index (χ3v) is 3.35. The van der Waals surface area contributed by atoms with Gasteiger partial charge in [0.25, 0.3) is 0 Å². The van der Waals surface area contributed by atoms with Crippen molar-refractivity contribution < 1.29 is 13.9 Å². The molecule has 0 aliphatic rings. The molecule has 0 aliphatic heterocycles. The molecule has 0 radical (unpaired) electrons. The van der Waals surface area contributed by atoms with Gasteiger partial charge in [-0.05, 0) is 19.1 Å². The van der Waals surface area contributed by atoms with E-state index in [4.69, 9.17) is 9.15 Å². The van der Waals surface area contributed by atoms with Crippen LogP contribution in [0.4, 0.5) is 0 Å². The van der Waals surface area contributed by atoms with Gasteiger partial charge in [0.1, 0.15) is 11.3 Å². The van der Waals surface area contributed by atoms with Crippen LogP contribution in [0.15, 0.2) is 34.7 Å². The molecule has 1 heterocycles. The lowest BCUT2D eigenvalue weighted by atomic mass is 10.1. The summed E-state index contributed by atoms with van der Waals surface area (Å²) in [6, 6.07) is 9.69. The zero-order valence-corrected chi connectivity index (χ0v) is 12.5. The van der Waals surface area contributed by atoms with E-state index in [0.717, 1.165) is 24.1 Å². The van der Waals surface area contributed by atoms with Crippen LogP contribution in [-0.4, -0.2) is 39.3 Å². The van der Waals surface area contributed by atoms with E-state index in [2.05, 4.69) is 10.6 Å². The van der Waals surface area contributed by atoms with E-state index in [1.807, 2.05) is 37.3 Å². The van der Waals surface area contributed by atoms with E-state index in [9.17, 15) is 4.79 Å². The SMILES string of the molecule is COCCNCCNC(=O)C(C)c1cc2ccccc2o1. The molecule has 1 atom stereocenters. The van der Waals surface area contributed by atoms with Crippen molar-refractivity contribution >= 4 is 16.9 Å². The van der Waals surface area contributed by atoms with E-state index in [1.54, 1.807) is 7.11 Å². The summed E-state index contributed by atoms with van der Waals surface area (Å²) in [5.41, 5.74) is 0.813. The Bertz CT molecular complexity index is 547. The zero-order chi connectivity index (χ0) is 15.1. The normalized spacial score (nSPS) is 12.5. The summed E-state index contributed by atoms with van der Waals surface area (Å²) in [5, 5.41) is 7.10. The number of amides is 1. The maximum absolute atomic E-state index is 12.1. The molecule has 5 nitrogen and oxygen atoms in total.